The lowest BCUT2D eigenvalue weighted by molar-refractivity contribution is -0.404. The first-order valence-electron chi connectivity index (χ1n) is 15.0. The maximum atomic E-state index is 7.02. The molecule has 1 aliphatic carbocycles. The Morgan fingerprint density at radius 1 is 0.857 bits per heavy atom. The zero-order valence-corrected chi connectivity index (χ0v) is 26.5. The van der Waals surface area contributed by atoms with E-state index in [1.807, 2.05) is 7.05 Å². The molecule has 4 aromatic rings. The fourth-order valence-corrected chi connectivity index (χ4v) is 6.54. The molecule has 3 heteroatoms. The summed E-state index contributed by atoms with van der Waals surface area (Å²) in [6, 6.07) is 26.2. The molecule has 1 atom stereocenters. The van der Waals surface area contributed by atoms with Gasteiger partial charge in [0.05, 0.1) is 6.04 Å². The van der Waals surface area contributed by atoms with Gasteiger partial charge < -0.3 is 5.32 Å². The second kappa shape index (κ2) is 13.1. The normalized spacial score (nSPS) is 17.0. The van der Waals surface area contributed by atoms with Crippen molar-refractivity contribution in [3.05, 3.63) is 136 Å². The predicted molar refractivity (Wildman–Crippen MR) is 183 cm³/mol. The van der Waals surface area contributed by atoms with Crippen molar-refractivity contribution in [1.29, 1.82) is 0 Å². The van der Waals surface area contributed by atoms with E-state index in [1.165, 1.54) is 66.4 Å². The quantitative estimate of drug-likeness (QED) is 0.172. The van der Waals surface area contributed by atoms with Gasteiger partial charge in [0.25, 0.3) is 0 Å². The summed E-state index contributed by atoms with van der Waals surface area (Å²) in [5, 5.41) is 9.59. The Morgan fingerprint density at radius 3 is 2.19 bits per heavy atom. The number of benzene rings is 4. The first kappa shape index (κ1) is 29.8. The van der Waals surface area contributed by atoms with Crippen LogP contribution in [-0.4, -0.2) is 24.4 Å². The lowest BCUT2D eigenvalue weighted by Gasteiger charge is -2.21. The van der Waals surface area contributed by atoms with E-state index >= 15 is 0 Å². The molecule has 5 rings (SSSR count). The summed E-state index contributed by atoms with van der Waals surface area (Å²) < 4.78 is 2.27. The third-order valence-corrected chi connectivity index (χ3v) is 9.37. The number of likely N-dealkylation sites (N-methyl/N-ethyl adjacent to an activating group) is 1. The van der Waals surface area contributed by atoms with Crippen LogP contribution in [0.25, 0.3) is 21.5 Å². The molecular weight excluding hydrogens is 532 g/mol. The molecule has 214 valence electrons. The Hall–Kier alpha value is -3.72. The molecule has 0 spiro atoms. The zero-order chi connectivity index (χ0) is 29.8. The third kappa shape index (κ3) is 6.07. The van der Waals surface area contributed by atoms with Crippen LogP contribution in [0.3, 0.4) is 0 Å². The molecule has 1 unspecified atom stereocenters. The van der Waals surface area contributed by atoms with Crippen LogP contribution in [0.15, 0.2) is 119 Å². The molecule has 42 heavy (non-hydrogen) atoms. The van der Waals surface area contributed by atoms with Crippen molar-refractivity contribution in [2.75, 3.05) is 14.1 Å². The van der Waals surface area contributed by atoms with Gasteiger partial charge in [0.15, 0.2) is 5.71 Å². The molecule has 1 N–H and O–H groups in total. The molecule has 0 fully saturated rings. The monoisotopic (exact) mass is 573 g/mol. The van der Waals surface area contributed by atoms with Gasteiger partial charge in [-0.05, 0) is 97.0 Å². The van der Waals surface area contributed by atoms with E-state index in [-0.39, 0.29) is 6.04 Å². The highest BCUT2D eigenvalue weighted by atomic mass is 35.5. The molecule has 0 heterocycles. The Balaban J connectivity index is 1.40. The van der Waals surface area contributed by atoms with E-state index in [1.54, 1.807) is 0 Å². The summed E-state index contributed by atoms with van der Waals surface area (Å²) in [7, 11) is 4.18. The molecule has 4 aromatic carbocycles. The maximum Gasteiger partial charge on any atom is 0.208 e. The first-order valence-corrected chi connectivity index (χ1v) is 15.3. The fourth-order valence-electron chi connectivity index (χ4n) is 6.22. The second-order valence-electron chi connectivity index (χ2n) is 11.5. The fraction of sp³-hybridized carbons (Fsp3) is 0.256. The Bertz CT molecular complexity index is 1800. The van der Waals surface area contributed by atoms with E-state index in [9.17, 15) is 0 Å². The third-order valence-electron chi connectivity index (χ3n) is 8.88. The van der Waals surface area contributed by atoms with Gasteiger partial charge in [-0.15, -0.1) is 0 Å². The van der Waals surface area contributed by atoms with Gasteiger partial charge in [0.1, 0.15) is 7.05 Å². The van der Waals surface area contributed by atoms with Gasteiger partial charge in [0.2, 0.25) is 5.69 Å². The minimum absolute atomic E-state index is 0.142. The van der Waals surface area contributed by atoms with E-state index in [4.69, 9.17) is 11.6 Å². The number of nitrogens with one attached hydrogen (secondary N) is 1. The van der Waals surface area contributed by atoms with Crippen LogP contribution in [0.4, 0.5) is 5.69 Å². The summed E-state index contributed by atoms with van der Waals surface area (Å²) in [6.07, 6.45) is 12.0. The van der Waals surface area contributed by atoms with Crippen LogP contribution in [-0.2, 0) is 0 Å². The summed E-state index contributed by atoms with van der Waals surface area (Å²) in [4.78, 5) is 0. The summed E-state index contributed by atoms with van der Waals surface area (Å²) >= 11 is 7.02. The van der Waals surface area contributed by atoms with Crippen molar-refractivity contribution >= 4 is 44.5 Å². The van der Waals surface area contributed by atoms with Crippen LogP contribution < -0.4 is 5.32 Å². The molecular formula is C39H42ClN2+. The van der Waals surface area contributed by atoms with E-state index in [2.05, 4.69) is 142 Å². The van der Waals surface area contributed by atoms with E-state index in [0.29, 0.717) is 0 Å². The smallest absolute Gasteiger partial charge is 0.208 e. The lowest BCUT2D eigenvalue weighted by atomic mass is 9.91. The van der Waals surface area contributed by atoms with Gasteiger partial charge in [-0.3, -0.25) is 0 Å². The molecule has 0 aromatic heterocycles. The SMILES string of the molecule is CNC(/C(C)=C/C=C1\CCCC(/C=C/C(C)=[N+](\C)c2ccc3ccccc3c2C)=C1Cl)c1ccc2ccccc2c1C. The molecule has 0 bridgehead atoms. The van der Waals surface area contributed by atoms with Crippen molar-refractivity contribution < 1.29 is 4.58 Å². The van der Waals surface area contributed by atoms with Gasteiger partial charge in [-0.2, -0.15) is 4.58 Å². The number of aryl methyl sites for hydroxylation is 2. The standard InChI is InChI=1S/C39H42ClN2/c1-26(39(41-5)36-24-22-30-12-7-9-16-34(30)28(36)3)18-20-32-14-11-15-33(38(32)40)21-19-27(2)42(6)37-25-23-31-13-8-10-17-35(31)29(37)4/h7-10,12-13,16-25,39,41H,11,14-15H2,1-6H3/q+1/b21-19+,26-18+,32-20+,42-27+. The van der Waals surface area contributed by atoms with Crippen molar-refractivity contribution in [1.82, 2.24) is 5.32 Å². The van der Waals surface area contributed by atoms with Crippen LogP contribution in [0.5, 0.6) is 0 Å². The van der Waals surface area contributed by atoms with E-state index < -0.39 is 0 Å². The number of hydrogen-bond donors (Lipinski definition) is 1. The number of allylic oxidation sites excluding steroid dienone is 7. The van der Waals surface area contributed by atoms with Gasteiger partial charge in [-0.25, -0.2) is 0 Å². The van der Waals surface area contributed by atoms with E-state index in [0.717, 1.165) is 24.3 Å². The Morgan fingerprint density at radius 2 is 1.50 bits per heavy atom. The highest BCUT2D eigenvalue weighted by Gasteiger charge is 2.18. The molecule has 0 amide bonds. The van der Waals surface area contributed by atoms with Crippen LogP contribution >= 0.6 is 11.6 Å². The minimum atomic E-state index is 0.142. The second-order valence-corrected chi connectivity index (χ2v) is 11.9. The summed E-state index contributed by atoms with van der Waals surface area (Å²) in [6.45, 7) is 8.80. The van der Waals surface area contributed by atoms with Crippen molar-refractivity contribution in [3.8, 4) is 0 Å². The Kier molecular flexibility index (Phi) is 9.26. The highest BCUT2D eigenvalue weighted by molar-refractivity contribution is 6.32. The molecule has 0 saturated carbocycles. The largest absolute Gasteiger partial charge is 0.310 e. The zero-order valence-electron chi connectivity index (χ0n) is 25.8. The first-order chi connectivity index (χ1) is 20.3. The average Bonchev–Trinajstić information content (AvgIpc) is 3.01. The number of rotatable bonds is 7. The van der Waals surface area contributed by atoms with Crippen LogP contribution in [0.1, 0.15) is 55.8 Å². The van der Waals surface area contributed by atoms with Crippen molar-refractivity contribution in [2.45, 2.75) is 53.0 Å². The highest BCUT2D eigenvalue weighted by Crippen LogP contribution is 2.35. The van der Waals surface area contributed by atoms with Gasteiger partial charge >= 0.3 is 0 Å². The minimum Gasteiger partial charge on any atom is -0.310 e. The van der Waals surface area contributed by atoms with Crippen molar-refractivity contribution in [3.63, 3.8) is 0 Å². The summed E-state index contributed by atoms with van der Waals surface area (Å²) in [5.41, 5.74) is 10.0. The number of halogens is 1. The number of nitrogens with zero attached hydrogens (tertiary/aromatic N) is 1. The molecule has 2 nitrogen and oxygen atoms in total. The maximum absolute atomic E-state index is 7.02. The lowest BCUT2D eigenvalue weighted by Crippen LogP contribution is -2.18. The average molecular weight is 574 g/mol. The van der Waals surface area contributed by atoms with Crippen LogP contribution in [0.2, 0.25) is 0 Å². The molecule has 1 aliphatic rings. The Labute approximate surface area is 256 Å². The number of hydrogen-bond acceptors (Lipinski definition) is 1. The summed E-state index contributed by atoms with van der Waals surface area (Å²) in [5.74, 6) is 0. The van der Waals surface area contributed by atoms with Crippen molar-refractivity contribution in [2.24, 2.45) is 0 Å². The topological polar surface area (TPSA) is 15.0 Å². The number of fused-ring (bicyclic) bond motifs is 2. The van der Waals surface area contributed by atoms with Gasteiger partial charge in [0, 0.05) is 29.7 Å². The van der Waals surface area contributed by atoms with Gasteiger partial charge in [-0.1, -0.05) is 96.1 Å². The molecule has 0 aliphatic heterocycles. The predicted octanol–water partition coefficient (Wildman–Crippen LogP) is 10.4. The molecule has 0 saturated heterocycles. The van der Waals surface area contributed by atoms with Crippen LogP contribution in [0, 0.1) is 13.8 Å². The molecule has 0 radical (unpaired) electrons.